The van der Waals surface area contributed by atoms with Gasteiger partial charge in [0.15, 0.2) is 0 Å². The molecule has 0 amide bonds. The number of benzene rings is 1. The highest BCUT2D eigenvalue weighted by Crippen LogP contribution is 2.19. The van der Waals surface area contributed by atoms with Crippen LogP contribution in [0.2, 0.25) is 5.02 Å². The molecular weight excluding hydrogens is 282 g/mol. The van der Waals surface area contributed by atoms with Crippen molar-refractivity contribution in [3.8, 4) is 0 Å². The van der Waals surface area contributed by atoms with Crippen LogP contribution < -0.4 is 5.32 Å². The fourth-order valence-corrected chi connectivity index (χ4v) is 2.36. The predicted molar refractivity (Wildman–Crippen MR) is 93.2 cm³/mol. The molecule has 0 aliphatic rings. The molecule has 4 heteroatoms. The summed E-state index contributed by atoms with van der Waals surface area (Å²) in [4.78, 5) is 4.62. The van der Waals surface area contributed by atoms with Gasteiger partial charge in [-0.2, -0.15) is 0 Å². The maximum absolute atomic E-state index is 5.99. The first kappa shape index (κ1) is 18.4. The molecule has 0 radical (unpaired) electrons. The van der Waals surface area contributed by atoms with Crippen molar-refractivity contribution in [1.82, 2.24) is 15.1 Å². The molecular formula is C17H30ClN3. The van der Waals surface area contributed by atoms with Crippen molar-refractivity contribution >= 4 is 11.6 Å². The summed E-state index contributed by atoms with van der Waals surface area (Å²) >= 11 is 5.99. The van der Waals surface area contributed by atoms with Gasteiger partial charge in [-0.1, -0.05) is 30.7 Å². The maximum atomic E-state index is 5.99. The number of likely N-dealkylation sites (N-methyl/N-ethyl adjacent to an activating group) is 2. The molecule has 21 heavy (non-hydrogen) atoms. The summed E-state index contributed by atoms with van der Waals surface area (Å²) in [5.41, 5.74) is 1.33. The van der Waals surface area contributed by atoms with E-state index in [9.17, 15) is 0 Å². The van der Waals surface area contributed by atoms with Crippen molar-refractivity contribution in [3.63, 3.8) is 0 Å². The summed E-state index contributed by atoms with van der Waals surface area (Å²) in [6, 6.07) is 8.63. The van der Waals surface area contributed by atoms with Gasteiger partial charge in [0.1, 0.15) is 0 Å². The maximum Gasteiger partial charge on any atom is 0.0406 e. The molecule has 0 saturated heterocycles. The normalized spacial score (nSPS) is 13.1. The molecule has 0 heterocycles. The van der Waals surface area contributed by atoms with E-state index < -0.39 is 0 Å². The Morgan fingerprint density at radius 3 is 2.29 bits per heavy atom. The fourth-order valence-electron chi connectivity index (χ4n) is 2.23. The molecule has 0 aromatic heterocycles. The third-order valence-electron chi connectivity index (χ3n) is 3.64. The van der Waals surface area contributed by atoms with E-state index in [0.717, 1.165) is 44.0 Å². The Bertz CT molecular complexity index is 378. The molecule has 1 unspecified atom stereocenters. The van der Waals surface area contributed by atoms with Crippen LogP contribution in [0.5, 0.6) is 0 Å². The molecule has 0 spiro atoms. The average molecular weight is 312 g/mol. The Morgan fingerprint density at radius 2 is 1.71 bits per heavy atom. The second-order valence-electron chi connectivity index (χ2n) is 5.95. The molecule has 0 aliphatic heterocycles. The van der Waals surface area contributed by atoms with Crippen molar-refractivity contribution in [3.05, 3.63) is 34.9 Å². The number of nitrogens with one attached hydrogen (secondary N) is 1. The Labute approximate surface area is 135 Å². The summed E-state index contributed by atoms with van der Waals surface area (Å²) in [6.45, 7) is 6.56. The van der Waals surface area contributed by atoms with E-state index in [-0.39, 0.29) is 0 Å². The largest absolute Gasteiger partial charge is 0.310 e. The first-order chi connectivity index (χ1) is 10.0. The number of hydrogen-bond donors (Lipinski definition) is 1. The minimum absolute atomic E-state index is 0.407. The molecule has 1 N–H and O–H groups in total. The SMILES string of the molecule is CCCNC(CCN(C)CCN(C)C)c1ccc(Cl)cc1. The summed E-state index contributed by atoms with van der Waals surface area (Å²) in [5, 5.41) is 4.45. The van der Waals surface area contributed by atoms with Crippen LogP contribution in [-0.4, -0.2) is 57.1 Å². The van der Waals surface area contributed by atoms with Gasteiger partial charge in [0, 0.05) is 24.2 Å². The molecule has 1 atom stereocenters. The van der Waals surface area contributed by atoms with Crippen molar-refractivity contribution < 1.29 is 0 Å². The molecule has 0 fully saturated rings. The quantitative estimate of drug-likeness (QED) is 0.715. The molecule has 0 saturated carbocycles. The lowest BCUT2D eigenvalue weighted by molar-refractivity contribution is 0.268. The monoisotopic (exact) mass is 311 g/mol. The van der Waals surface area contributed by atoms with Crippen LogP contribution in [-0.2, 0) is 0 Å². The smallest absolute Gasteiger partial charge is 0.0406 e. The van der Waals surface area contributed by atoms with Crippen LogP contribution in [0.4, 0.5) is 0 Å². The van der Waals surface area contributed by atoms with E-state index in [1.54, 1.807) is 0 Å². The van der Waals surface area contributed by atoms with Gasteiger partial charge in [-0.3, -0.25) is 0 Å². The highest BCUT2D eigenvalue weighted by Gasteiger charge is 2.11. The lowest BCUT2D eigenvalue weighted by atomic mass is 10.0. The number of rotatable bonds is 10. The van der Waals surface area contributed by atoms with Crippen LogP contribution in [0.1, 0.15) is 31.4 Å². The minimum atomic E-state index is 0.407. The number of halogens is 1. The molecule has 0 aliphatic carbocycles. The van der Waals surface area contributed by atoms with Crippen molar-refractivity contribution in [2.24, 2.45) is 0 Å². The van der Waals surface area contributed by atoms with E-state index in [4.69, 9.17) is 11.6 Å². The van der Waals surface area contributed by atoms with Crippen molar-refractivity contribution in [2.45, 2.75) is 25.8 Å². The second kappa shape index (κ2) is 10.2. The Morgan fingerprint density at radius 1 is 1.05 bits per heavy atom. The summed E-state index contributed by atoms with van der Waals surface area (Å²) in [7, 11) is 6.43. The third-order valence-corrected chi connectivity index (χ3v) is 3.89. The zero-order chi connectivity index (χ0) is 15.7. The fraction of sp³-hybridized carbons (Fsp3) is 0.647. The zero-order valence-corrected chi connectivity index (χ0v) is 14.7. The van der Waals surface area contributed by atoms with Crippen LogP contribution >= 0.6 is 11.6 Å². The molecule has 1 aromatic carbocycles. The lowest BCUT2D eigenvalue weighted by Gasteiger charge is -2.24. The molecule has 0 bridgehead atoms. The lowest BCUT2D eigenvalue weighted by Crippen LogP contribution is -2.32. The van der Waals surface area contributed by atoms with Gasteiger partial charge in [-0.15, -0.1) is 0 Å². The van der Waals surface area contributed by atoms with Gasteiger partial charge in [-0.25, -0.2) is 0 Å². The van der Waals surface area contributed by atoms with E-state index in [0.29, 0.717) is 6.04 Å². The van der Waals surface area contributed by atoms with Gasteiger partial charge in [0.25, 0.3) is 0 Å². The van der Waals surface area contributed by atoms with E-state index in [1.807, 2.05) is 12.1 Å². The highest BCUT2D eigenvalue weighted by atomic mass is 35.5. The van der Waals surface area contributed by atoms with E-state index in [2.05, 4.69) is 55.3 Å². The minimum Gasteiger partial charge on any atom is -0.310 e. The summed E-state index contributed by atoms with van der Waals surface area (Å²) in [6.07, 6.45) is 2.27. The third kappa shape index (κ3) is 7.82. The molecule has 120 valence electrons. The van der Waals surface area contributed by atoms with Crippen LogP contribution in [0.15, 0.2) is 24.3 Å². The van der Waals surface area contributed by atoms with Crippen molar-refractivity contribution in [2.75, 3.05) is 47.3 Å². The first-order valence-electron chi connectivity index (χ1n) is 7.85. The Kier molecular flexibility index (Phi) is 8.93. The van der Waals surface area contributed by atoms with Gasteiger partial charge in [0.05, 0.1) is 0 Å². The molecule has 1 rings (SSSR count). The van der Waals surface area contributed by atoms with E-state index in [1.165, 1.54) is 5.56 Å². The van der Waals surface area contributed by atoms with Gasteiger partial charge in [-0.05, 0) is 64.8 Å². The van der Waals surface area contributed by atoms with Crippen LogP contribution in [0.3, 0.4) is 0 Å². The van der Waals surface area contributed by atoms with Gasteiger partial charge < -0.3 is 15.1 Å². The van der Waals surface area contributed by atoms with Gasteiger partial charge in [0.2, 0.25) is 0 Å². The molecule has 1 aromatic rings. The number of nitrogens with zero attached hydrogens (tertiary/aromatic N) is 2. The van der Waals surface area contributed by atoms with Crippen LogP contribution in [0, 0.1) is 0 Å². The average Bonchev–Trinajstić information content (AvgIpc) is 2.46. The summed E-state index contributed by atoms with van der Waals surface area (Å²) in [5.74, 6) is 0. The first-order valence-corrected chi connectivity index (χ1v) is 8.22. The second-order valence-corrected chi connectivity index (χ2v) is 6.39. The zero-order valence-electron chi connectivity index (χ0n) is 13.9. The Hall–Kier alpha value is -0.610. The molecule has 3 nitrogen and oxygen atoms in total. The number of hydrogen-bond acceptors (Lipinski definition) is 3. The van der Waals surface area contributed by atoms with E-state index >= 15 is 0 Å². The Balaban J connectivity index is 2.51. The highest BCUT2D eigenvalue weighted by molar-refractivity contribution is 6.30. The predicted octanol–water partition coefficient (Wildman–Crippen LogP) is 3.26. The standard InChI is InChI=1S/C17H30ClN3/c1-5-11-19-17(15-6-8-16(18)9-7-15)10-12-21(4)14-13-20(2)3/h6-9,17,19H,5,10-14H2,1-4H3. The topological polar surface area (TPSA) is 18.5 Å². The van der Waals surface area contributed by atoms with Gasteiger partial charge >= 0.3 is 0 Å². The van der Waals surface area contributed by atoms with Crippen molar-refractivity contribution in [1.29, 1.82) is 0 Å². The van der Waals surface area contributed by atoms with Crippen LogP contribution in [0.25, 0.3) is 0 Å². The summed E-state index contributed by atoms with van der Waals surface area (Å²) < 4.78 is 0.